The summed E-state index contributed by atoms with van der Waals surface area (Å²) >= 11 is 5.94. The van der Waals surface area contributed by atoms with Gasteiger partial charge in [-0.15, -0.1) is 0 Å². The van der Waals surface area contributed by atoms with E-state index >= 15 is 0 Å². The van der Waals surface area contributed by atoms with Crippen molar-refractivity contribution in [3.8, 4) is 0 Å². The maximum absolute atomic E-state index is 11.7. The molecule has 0 unspecified atom stereocenters. The lowest BCUT2D eigenvalue weighted by Gasteiger charge is -2.32. The standard InChI is InChI=1S/C15H20ClN3O3/c1-2-22-15(21)19-7-5-12(6-8-19)18-13-4-3-11(16)9-14(13)17-10-20/h3-4,9-10,12,18H,2,5-8H2,1H3,(H,17,20). The summed E-state index contributed by atoms with van der Waals surface area (Å²) < 4.78 is 5.00. The van der Waals surface area contributed by atoms with Crippen LogP contribution in [-0.2, 0) is 9.53 Å². The van der Waals surface area contributed by atoms with Gasteiger partial charge in [-0.05, 0) is 38.0 Å². The molecule has 22 heavy (non-hydrogen) atoms. The van der Waals surface area contributed by atoms with Gasteiger partial charge in [0.1, 0.15) is 0 Å². The zero-order valence-electron chi connectivity index (χ0n) is 12.5. The monoisotopic (exact) mass is 325 g/mol. The Morgan fingerprint density at radius 3 is 2.77 bits per heavy atom. The van der Waals surface area contributed by atoms with Crippen LogP contribution in [0, 0.1) is 0 Å². The Hall–Kier alpha value is -1.95. The molecule has 1 fully saturated rings. The highest BCUT2D eigenvalue weighted by Crippen LogP contribution is 2.27. The maximum atomic E-state index is 11.7. The Kier molecular flexibility index (Phi) is 5.89. The van der Waals surface area contributed by atoms with Gasteiger partial charge in [-0.25, -0.2) is 4.79 Å². The molecule has 1 aromatic rings. The molecule has 0 spiro atoms. The number of halogens is 1. The van der Waals surface area contributed by atoms with E-state index in [4.69, 9.17) is 16.3 Å². The number of amides is 2. The Labute approximate surface area is 134 Å². The van der Waals surface area contributed by atoms with Crippen molar-refractivity contribution in [3.63, 3.8) is 0 Å². The molecule has 2 N–H and O–H groups in total. The number of carbonyl (C=O) groups excluding carboxylic acids is 2. The van der Waals surface area contributed by atoms with Crippen molar-refractivity contribution >= 4 is 35.5 Å². The molecule has 0 aromatic heterocycles. The van der Waals surface area contributed by atoms with Gasteiger partial charge in [0, 0.05) is 24.2 Å². The Morgan fingerprint density at radius 2 is 2.14 bits per heavy atom. The molecule has 2 amide bonds. The van der Waals surface area contributed by atoms with E-state index in [2.05, 4.69) is 10.6 Å². The number of piperidine rings is 1. The van der Waals surface area contributed by atoms with Crippen LogP contribution in [0.15, 0.2) is 18.2 Å². The predicted molar refractivity (Wildman–Crippen MR) is 86.4 cm³/mol. The quantitative estimate of drug-likeness (QED) is 0.817. The highest BCUT2D eigenvalue weighted by atomic mass is 35.5. The van der Waals surface area contributed by atoms with E-state index in [1.54, 1.807) is 24.0 Å². The number of ether oxygens (including phenoxy) is 1. The molecule has 1 aliphatic rings. The van der Waals surface area contributed by atoms with Crippen molar-refractivity contribution in [2.24, 2.45) is 0 Å². The highest BCUT2D eigenvalue weighted by Gasteiger charge is 2.23. The van der Waals surface area contributed by atoms with Gasteiger partial charge in [-0.1, -0.05) is 11.6 Å². The zero-order chi connectivity index (χ0) is 15.9. The molecular weight excluding hydrogens is 306 g/mol. The minimum absolute atomic E-state index is 0.235. The fraction of sp³-hybridized carbons (Fsp3) is 0.467. The molecule has 0 bridgehead atoms. The first-order valence-corrected chi connectivity index (χ1v) is 7.69. The van der Waals surface area contributed by atoms with Crippen molar-refractivity contribution in [2.45, 2.75) is 25.8 Å². The number of rotatable bonds is 5. The van der Waals surface area contributed by atoms with Crippen LogP contribution in [-0.4, -0.2) is 43.1 Å². The van der Waals surface area contributed by atoms with E-state index in [0.717, 1.165) is 18.5 Å². The van der Waals surface area contributed by atoms with Crippen LogP contribution >= 0.6 is 11.6 Å². The largest absolute Gasteiger partial charge is 0.450 e. The Bertz CT molecular complexity index is 531. The van der Waals surface area contributed by atoms with E-state index in [9.17, 15) is 9.59 Å². The van der Waals surface area contributed by atoms with Gasteiger partial charge in [0.05, 0.1) is 18.0 Å². The van der Waals surface area contributed by atoms with Crippen LogP contribution in [0.25, 0.3) is 0 Å². The molecule has 6 nitrogen and oxygen atoms in total. The van der Waals surface area contributed by atoms with E-state index < -0.39 is 0 Å². The summed E-state index contributed by atoms with van der Waals surface area (Å²) in [4.78, 5) is 24.0. The van der Waals surface area contributed by atoms with Gasteiger partial charge in [0.25, 0.3) is 0 Å². The second kappa shape index (κ2) is 7.89. The number of likely N-dealkylation sites (tertiary alicyclic amines) is 1. The fourth-order valence-electron chi connectivity index (χ4n) is 2.47. The van der Waals surface area contributed by atoms with Crippen LogP contribution < -0.4 is 10.6 Å². The summed E-state index contributed by atoms with van der Waals surface area (Å²) in [6, 6.07) is 5.55. The van der Waals surface area contributed by atoms with Crippen LogP contribution in [0.1, 0.15) is 19.8 Å². The smallest absolute Gasteiger partial charge is 0.409 e. The molecule has 120 valence electrons. The van der Waals surface area contributed by atoms with Gasteiger partial charge in [-0.2, -0.15) is 0 Å². The van der Waals surface area contributed by atoms with Crippen molar-refractivity contribution in [1.29, 1.82) is 0 Å². The van der Waals surface area contributed by atoms with Crippen LogP contribution in [0.2, 0.25) is 5.02 Å². The molecule has 0 aliphatic carbocycles. The third-order valence-corrected chi connectivity index (χ3v) is 3.81. The lowest BCUT2D eigenvalue weighted by Crippen LogP contribution is -2.42. The van der Waals surface area contributed by atoms with Gasteiger partial charge in [-0.3, -0.25) is 4.79 Å². The van der Waals surface area contributed by atoms with Crippen LogP contribution in [0.4, 0.5) is 16.2 Å². The normalized spacial score (nSPS) is 15.3. The molecular formula is C15H20ClN3O3. The molecule has 0 atom stereocenters. The third-order valence-electron chi connectivity index (χ3n) is 3.58. The SMILES string of the molecule is CCOC(=O)N1CCC(Nc2ccc(Cl)cc2NC=O)CC1. The second-order valence-corrected chi connectivity index (χ2v) is 5.49. The molecule has 1 saturated heterocycles. The van der Waals surface area contributed by atoms with Gasteiger partial charge >= 0.3 is 6.09 Å². The molecule has 7 heteroatoms. The second-order valence-electron chi connectivity index (χ2n) is 5.06. The summed E-state index contributed by atoms with van der Waals surface area (Å²) in [5, 5.41) is 6.59. The fourth-order valence-corrected chi connectivity index (χ4v) is 2.64. The molecule has 2 rings (SSSR count). The van der Waals surface area contributed by atoms with Crippen molar-refractivity contribution in [3.05, 3.63) is 23.2 Å². The minimum atomic E-state index is -0.254. The van der Waals surface area contributed by atoms with Gasteiger partial charge in [0.2, 0.25) is 6.41 Å². The minimum Gasteiger partial charge on any atom is -0.450 e. The average Bonchev–Trinajstić information content (AvgIpc) is 2.51. The number of nitrogens with one attached hydrogen (secondary N) is 2. The van der Waals surface area contributed by atoms with E-state index in [1.807, 2.05) is 6.07 Å². The van der Waals surface area contributed by atoms with Crippen molar-refractivity contribution in [2.75, 3.05) is 30.3 Å². The maximum Gasteiger partial charge on any atom is 0.409 e. The number of nitrogens with zero attached hydrogens (tertiary/aromatic N) is 1. The first kappa shape index (κ1) is 16.4. The van der Waals surface area contributed by atoms with Crippen LogP contribution in [0.5, 0.6) is 0 Å². The van der Waals surface area contributed by atoms with E-state index in [1.165, 1.54) is 0 Å². The topological polar surface area (TPSA) is 70.7 Å². The number of hydrogen-bond acceptors (Lipinski definition) is 4. The first-order chi connectivity index (χ1) is 10.6. The molecule has 0 saturated carbocycles. The Morgan fingerprint density at radius 1 is 1.41 bits per heavy atom. The van der Waals surface area contributed by atoms with Crippen molar-refractivity contribution in [1.82, 2.24) is 4.90 Å². The number of benzene rings is 1. The molecule has 1 aliphatic heterocycles. The van der Waals surface area contributed by atoms with Gasteiger partial charge in [0.15, 0.2) is 0 Å². The van der Waals surface area contributed by atoms with Crippen LogP contribution in [0.3, 0.4) is 0 Å². The van der Waals surface area contributed by atoms with E-state index in [-0.39, 0.29) is 12.1 Å². The predicted octanol–water partition coefficient (Wildman–Crippen LogP) is 2.94. The van der Waals surface area contributed by atoms with Crippen molar-refractivity contribution < 1.29 is 14.3 Å². The highest BCUT2D eigenvalue weighted by molar-refractivity contribution is 6.31. The third kappa shape index (κ3) is 4.27. The molecule has 1 heterocycles. The summed E-state index contributed by atoms with van der Waals surface area (Å²) in [6.07, 6.45) is 2.01. The summed E-state index contributed by atoms with van der Waals surface area (Å²) in [5.41, 5.74) is 1.47. The number of hydrogen-bond donors (Lipinski definition) is 2. The summed E-state index contributed by atoms with van der Waals surface area (Å²) in [5.74, 6) is 0. The molecule has 0 radical (unpaired) electrons. The Balaban J connectivity index is 1.93. The molecule has 1 aromatic carbocycles. The lowest BCUT2D eigenvalue weighted by molar-refractivity contribution is -0.105. The summed E-state index contributed by atoms with van der Waals surface area (Å²) in [7, 11) is 0. The first-order valence-electron chi connectivity index (χ1n) is 7.32. The zero-order valence-corrected chi connectivity index (χ0v) is 13.2. The average molecular weight is 326 g/mol. The number of carbonyl (C=O) groups is 2. The number of anilines is 2. The lowest BCUT2D eigenvalue weighted by atomic mass is 10.0. The summed E-state index contributed by atoms with van der Waals surface area (Å²) in [6.45, 7) is 3.50. The van der Waals surface area contributed by atoms with Gasteiger partial charge < -0.3 is 20.3 Å². The van der Waals surface area contributed by atoms with E-state index in [0.29, 0.717) is 36.8 Å².